The molecule has 0 aliphatic heterocycles. The van der Waals surface area contributed by atoms with Crippen molar-refractivity contribution >= 4 is 17.8 Å². The number of rotatable bonds is 8. The van der Waals surface area contributed by atoms with Gasteiger partial charge < -0.3 is 21.3 Å². The quantitative estimate of drug-likeness (QED) is 0.563. The van der Waals surface area contributed by atoms with Gasteiger partial charge in [0.05, 0.1) is 12.5 Å². The first-order valence-electron chi connectivity index (χ1n) is 8.01. The number of carbonyl (C=O) groups is 3. The first kappa shape index (κ1) is 19.1. The van der Waals surface area contributed by atoms with Gasteiger partial charge in [-0.25, -0.2) is 4.79 Å². The van der Waals surface area contributed by atoms with E-state index in [2.05, 4.69) is 5.32 Å². The van der Waals surface area contributed by atoms with Crippen LogP contribution in [0.4, 0.5) is 0 Å². The third-order valence-corrected chi connectivity index (χ3v) is 3.85. The molecule has 0 unspecified atom stereocenters. The summed E-state index contributed by atoms with van der Waals surface area (Å²) >= 11 is 0. The minimum Gasteiger partial charge on any atom is -0.481 e. The first-order chi connectivity index (χ1) is 12.4. The van der Waals surface area contributed by atoms with Crippen molar-refractivity contribution in [2.75, 3.05) is 0 Å². The molecule has 0 spiro atoms. The third-order valence-electron chi connectivity index (χ3n) is 3.85. The van der Waals surface area contributed by atoms with E-state index in [4.69, 9.17) is 15.9 Å². The molecule has 136 valence electrons. The van der Waals surface area contributed by atoms with Crippen molar-refractivity contribution in [2.24, 2.45) is 5.73 Å². The zero-order valence-corrected chi connectivity index (χ0v) is 14.0. The Labute approximate surface area is 150 Å². The van der Waals surface area contributed by atoms with Crippen LogP contribution in [0, 0.1) is 0 Å². The summed E-state index contributed by atoms with van der Waals surface area (Å²) in [5.41, 5.74) is 8.74. The van der Waals surface area contributed by atoms with Crippen LogP contribution in [-0.2, 0) is 20.8 Å². The van der Waals surface area contributed by atoms with E-state index >= 15 is 0 Å². The Morgan fingerprint density at radius 1 is 0.923 bits per heavy atom. The Balaban J connectivity index is 1.98. The van der Waals surface area contributed by atoms with Crippen molar-refractivity contribution < 1.29 is 24.6 Å². The average Bonchev–Trinajstić information content (AvgIpc) is 2.62. The lowest BCUT2D eigenvalue weighted by atomic mass is 10.0. The van der Waals surface area contributed by atoms with Crippen LogP contribution in [0.1, 0.15) is 12.0 Å². The second kappa shape index (κ2) is 8.77. The summed E-state index contributed by atoms with van der Waals surface area (Å²) in [6.45, 7) is 0. The van der Waals surface area contributed by atoms with Gasteiger partial charge in [0.15, 0.2) is 0 Å². The summed E-state index contributed by atoms with van der Waals surface area (Å²) in [4.78, 5) is 33.7. The molecule has 2 aromatic carbocycles. The minimum absolute atomic E-state index is 0.209. The number of carbonyl (C=O) groups excluding carboxylic acids is 1. The molecular formula is C19H20N2O5. The molecule has 0 heterocycles. The molecule has 0 aliphatic rings. The van der Waals surface area contributed by atoms with Gasteiger partial charge in [-0.2, -0.15) is 0 Å². The van der Waals surface area contributed by atoms with E-state index in [1.54, 1.807) is 0 Å². The van der Waals surface area contributed by atoms with Crippen LogP contribution in [0.15, 0.2) is 54.6 Å². The van der Waals surface area contributed by atoms with Gasteiger partial charge in [-0.1, -0.05) is 54.6 Å². The zero-order valence-electron chi connectivity index (χ0n) is 14.0. The maximum atomic E-state index is 12.0. The summed E-state index contributed by atoms with van der Waals surface area (Å²) in [6, 6.07) is 14.8. The summed E-state index contributed by atoms with van der Waals surface area (Å²) in [7, 11) is 0. The predicted octanol–water partition coefficient (Wildman–Crippen LogP) is 1.27. The molecule has 0 saturated heterocycles. The lowest BCUT2D eigenvalue weighted by molar-refractivity contribution is -0.147. The molecule has 0 aliphatic carbocycles. The second-order valence-electron chi connectivity index (χ2n) is 5.87. The smallest absolute Gasteiger partial charge is 0.326 e. The Morgan fingerprint density at radius 2 is 1.50 bits per heavy atom. The van der Waals surface area contributed by atoms with E-state index in [-0.39, 0.29) is 6.42 Å². The van der Waals surface area contributed by atoms with Crippen molar-refractivity contribution in [1.29, 1.82) is 0 Å². The lowest BCUT2D eigenvalue weighted by Gasteiger charge is -2.16. The normalized spacial score (nSPS) is 12.8. The van der Waals surface area contributed by atoms with Crippen LogP contribution in [-0.4, -0.2) is 40.1 Å². The van der Waals surface area contributed by atoms with Crippen molar-refractivity contribution in [3.05, 3.63) is 60.2 Å². The molecule has 26 heavy (non-hydrogen) atoms. The molecule has 0 fully saturated rings. The third kappa shape index (κ3) is 5.42. The maximum absolute atomic E-state index is 12.0. The Hall–Kier alpha value is -3.19. The molecule has 0 aromatic heterocycles. The van der Waals surface area contributed by atoms with Crippen molar-refractivity contribution in [3.8, 4) is 11.1 Å². The lowest BCUT2D eigenvalue weighted by Crippen LogP contribution is -2.49. The highest BCUT2D eigenvalue weighted by Crippen LogP contribution is 2.19. The number of carboxylic acid groups (broad SMARTS) is 2. The molecule has 2 rings (SSSR count). The van der Waals surface area contributed by atoms with Crippen molar-refractivity contribution in [3.63, 3.8) is 0 Å². The van der Waals surface area contributed by atoms with Gasteiger partial charge in [0.1, 0.15) is 6.04 Å². The van der Waals surface area contributed by atoms with Crippen LogP contribution in [0.25, 0.3) is 11.1 Å². The second-order valence-corrected chi connectivity index (χ2v) is 5.87. The number of benzene rings is 2. The van der Waals surface area contributed by atoms with Crippen LogP contribution >= 0.6 is 0 Å². The number of aliphatic carboxylic acids is 2. The molecule has 1 amide bonds. The molecule has 0 bridgehead atoms. The van der Waals surface area contributed by atoms with Gasteiger partial charge in [0.2, 0.25) is 5.91 Å². The van der Waals surface area contributed by atoms with Crippen LogP contribution in [0.2, 0.25) is 0 Å². The van der Waals surface area contributed by atoms with Crippen molar-refractivity contribution in [1.82, 2.24) is 5.32 Å². The fourth-order valence-corrected chi connectivity index (χ4v) is 2.46. The Kier molecular flexibility index (Phi) is 6.46. The number of carboxylic acids is 2. The SMILES string of the molecule is N[C@@H](Cc1ccc(-c2ccccc2)cc1)C(=O)N[C@H](CC(=O)O)C(=O)O. The fraction of sp³-hybridized carbons (Fsp3) is 0.211. The molecule has 5 N–H and O–H groups in total. The Morgan fingerprint density at radius 3 is 2.04 bits per heavy atom. The van der Waals surface area contributed by atoms with Crippen LogP contribution < -0.4 is 11.1 Å². The molecule has 7 nitrogen and oxygen atoms in total. The maximum Gasteiger partial charge on any atom is 0.326 e. The van der Waals surface area contributed by atoms with Gasteiger partial charge >= 0.3 is 11.9 Å². The van der Waals surface area contributed by atoms with Gasteiger partial charge in [0.25, 0.3) is 0 Å². The molecule has 2 aromatic rings. The highest BCUT2D eigenvalue weighted by atomic mass is 16.4. The Bertz CT molecular complexity index is 774. The van der Waals surface area contributed by atoms with E-state index in [0.29, 0.717) is 0 Å². The highest BCUT2D eigenvalue weighted by Gasteiger charge is 2.25. The van der Waals surface area contributed by atoms with Gasteiger partial charge in [0, 0.05) is 0 Å². The zero-order chi connectivity index (χ0) is 19.1. The highest BCUT2D eigenvalue weighted by molar-refractivity contribution is 5.89. The summed E-state index contributed by atoms with van der Waals surface area (Å²) in [5, 5.41) is 19.8. The number of nitrogens with one attached hydrogen (secondary N) is 1. The van der Waals surface area contributed by atoms with Crippen molar-refractivity contribution in [2.45, 2.75) is 24.9 Å². The summed E-state index contributed by atoms with van der Waals surface area (Å²) < 4.78 is 0. The monoisotopic (exact) mass is 356 g/mol. The average molecular weight is 356 g/mol. The molecular weight excluding hydrogens is 336 g/mol. The number of hydrogen-bond acceptors (Lipinski definition) is 4. The topological polar surface area (TPSA) is 130 Å². The van der Waals surface area contributed by atoms with E-state index in [1.165, 1.54) is 0 Å². The number of nitrogens with two attached hydrogens (primary N) is 1. The standard InChI is InChI=1S/C19H20N2O5/c20-15(18(24)21-16(19(25)26)11-17(22)23)10-12-6-8-14(9-7-12)13-4-2-1-3-5-13/h1-9,15-16H,10-11,20H2,(H,21,24)(H,22,23)(H,25,26)/t15-,16+/m0/s1. The van der Waals surface area contributed by atoms with Gasteiger partial charge in [-0.15, -0.1) is 0 Å². The number of amides is 1. The molecule has 0 saturated carbocycles. The molecule has 7 heteroatoms. The summed E-state index contributed by atoms with van der Waals surface area (Å²) in [5.74, 6) is -3.44. The summed E-state index contributed by atoms with van der Waals surface area (Å²) in [6.07, 6.45) is -0.500. The van der Waals surface area contributed by atoms with E-state index in [0.717, 1.165) is 16.7 Å². The molecule has 0 radical (unpaired) electrons. The van der Waals surface area contributed by atoms with Crippen LogP contribution in [0.3, 0.4) is 0 Å². The van der Waals surface area contributed by atoms with E-state index < -0.39 is 36.4 Å². The van der Waals surface area contributed by atoms with E-state index in [1.807, 2.05) is 54.6 Å². The van der Waals surface area contributed by atoms with E-state index in [9.17, 15) is 14.4 Å². The largest absolute Gasteiger partial charge is 0.481 e. The van der Waals surface area contributed by atoms with Gasteiger partial charge in [-0.3, -0.25) is 9.59 Å². The fourth-order valence-electron chi connectivity index (χ4n) is 2.46. The van der Waals surface area contributed by atoms with Gasteiger partial charge in [-0.05, 0) is 23.1 Å². The van der Waals surface area contributed by atoms with Crippen LogP contribution in [0.5, 0.6) is 0 Å². The molecule has 2 atom stereocenters. The predicted molar refractivity (Wildman–Crippen MR) is 95.4 cm³/mol. The minimum atomic E-state index is -1.51. The first-order valence-corrected chi connectivity index (χ1v) is 8.01. The number of hydrogen-bond donors (Lipinski definition) is 4.